The number of alkyl halides is 3. The van der Waals surface area contributed by atoms with Crippen LogP contribution in [0, 0.1) is 5.92 Å². The van der Waals surface area contributed by atoms with E-state index in [2.05, 4.69) is 0 Å². The number of hydrogen-bond donors (Lipinski definition) is 2. The highest BCUT2D eigenvalue weighted by atomic mass is 19.4. The molecule has 3 N–H and O–H groups in total. The molecule has 1 fully saturated rings. The highest BCUT2D eigenvalue weighted by Gasteiger charge is 2.44. The van der Waals surface area contributed by atoms with Crippen molar-refractivity contribution in [3.05, 3.63) is 0 Å². The highest BCUT2D eigenvalue weighted by Crippen LogP contribution is 2.30. The third kappa shape index (κ3) is 3.33. The molecule has 96 valence electrons. The first-order chi connectivity index (χ1) is 7.36. The Hall–Kier alpha value is -0.330. The summed E-state index contributed by atoms with van der Waals surface area (Å²) in [5.41, 5.74) is 5.21. The molecule has 1 aliphatic heterocycles. The Kier molecular flexibility index (Phi) is 4.58. The van der Waals surface area contributed by atoms with Gasteiger partial charge in [-0.05, 0) is 31.8 Å². The lowest BCUT2D eigenvalue weighted by Crippen LogP contribution is -2.53. The lowest BCUT2D eigenvalue weighted by molar-refractivity contribution is -0.193. The predicted octanol–water partition coefficient (Wildman–Crippen LogP) is 0.969. The molecule has 3 unspecified atom stereocenters. The van der Waals surface area contributed by atoms with Crippen LogP contribution in [0.25, 0.3) is 0 Å². The second-order valence-corrected chi connectivity index (χ2v) is 4.46. The zero-order valence-electron chi connectivity index (χ0n) is 9.37. The number of nitrogens with zero attached hydrogens (tertiary/aromatic N) is 1. The number of nitrogens with two attached hydrogens (primary N) is 1. The summed E-state index contributed by atoms with van der Waals surface area (Å²) >= 11 is 0. The smallest absolute Gasteiger partial charge is 0.392 e. The van der Waals surface area contributed by atoms with Gasteiger partial charge in [0.05, 0.1) is 6.10 Å². The van der Waals surface area contributed by atoms with Crippen LogP contribution in [0.4, 0.5) is 13.2 Å². The molecular formula is C10H19F3N2O. The summed E-state index contributed by atoms with van der Waals surface area (Å²) < 4.78 is 38.2. The van der Waals surface area contributed by atoms with Crippen molar-refractivity contribution in [3.8, 4) is 0 Å². The third-order valence-electron chi connectivity index (χ3n) is 3.21. The van der Waals surface area contributed by atoms with Crippen LogP contribution in [-0.2, 0) is 0 Å². The van der Waals surface area contributed by atoms with Gasteiger partial charge in [0.15, 0.2) is 0 Å². The van der Waals surface area contributed by atoms with Gasteiger partial charge >= 0.3 is 6.18 Å². The Labute approximate surface area is 93.4 Å². The first-order valence-corrected chi connectivity index (χ1v) is 5.55. The van der Waals surface area contributed by atoms with Crippen molar-refractivity contribution in [3.63, 3.8) is 0 Å². The molecule has 0 aromatic heterocycles. The minimum atomic E-state index is -4.26. The average molecular weight is 240 g/mol. The highest BCUT2D eigenvalue weighted by molar-refractivity contribution is 4.86. The van der Waals surface area contributed by atoms with Gasteiger partial charge in [-0.2, -0.15) is 13.2 Å². The van der Waals surface area contributed by atoms with Gasteiger partial charge in [0.2, 0.25) is 0 Å². The lowest BCUT2D eigenvalue weighted by Gasteiger charge is -2.39. The summed E-state index contributed by atoms with van der Waals surface area (Å²) in [6, 6.07) is -1.51. The molecule has 1 saturated heterocycles. The Morgan fingerprint density at radius 1 is 1.50 bits per heavy atom. The Morgan fingerprint density at radius 3 is 2.56 bits per heavy atom. The molecular weight excluding hydrogens is 221 g/mol. The SMILES string of the molecule is CC1CCN(C(CCN)C(F)(F)F)CC1O. The van der Waals surface area contributed by atoms with Crippen LogP contribution in [-0.4, -0.2) is 48.0 Å². The molecule has 0 bridgehead atoms. The number of piperidine rings is 1. The summed E-state index contributed by atoms with van der Waals surface area (Å²) in [5.74, 6) is 0.0722. The van der Waals surface area contributed by atoms with Crippen LogP contribution in [0.2, 0.25) is 0 Å². The molecule has 0 radical (unpaired) electrons. The zero-order valence-corrected chi connectivity index (χ0v) is 9.37. The van der Waals surface area contributed by atoms with E-state index >= 15 is 0 Å². The Bertz CT molecular complexity index is 223. The maximum atomic E-state index is 12.7. The van der Waals surface area contributed by atoms with Crippen molar-refractivity contribution in [1.82, 2.24) is 4.90 Å². The first-order valence-electron chi connectivity index (χ1n) is 5.55. The molecule has 1 rings (SSSR count). The van der Waals surface area contributed by atoms with Gasteiger partial charge in [-0.1, -0.05) is 6.92 Å². The number of likely N-dealkylation sites (tertiary alicyclic amines) is 1. The van der Waals surface area contributed by atoms with Crippen molar-refractivity contribution in [2.45, 2.75) is 38.1 Å². The largest absolute Gasteiger partial charge is 0.404 e. The minimum Gasteiger partial charge on any atom is -0.392 e. The normalized spacial score (nSPS) is 30.4. The second-order valence-electron chi connectivity index (χ2n) is 4.46. The first kappa shape index (κ1) is 13.7. The van der Waals surface area contributed by atoms with Gasteiger partial charge in [0, 0.05) is 6.54 Å². The molecule has 16 heavy (non-hydrogen) atoms. The molecule has 0 aliphatic carbocycles. The summed E-state index contributed by atoms with van der Waals surface area (Å²) in [5, 5.41) is 9.59. The topological polar surface area (TPSA) is 49.5 Å². The summed E-state index contributed by atoms with van der Waals surface area (Å²) in [6.45, 7) is 2.33. The van der Waals surface area contributed by atoms with Crippen LogP contribution in [0.5, 0.6) is 0 Å². The molecule has 0 aromatic carbocycles. The molecule has 0 spiro atoms. The van der Waals surface area contributed by atoms with E-state index < -0.39 is 18.3 Å². The van der Waals surface area contributed by atoms with E-state index in [1.54, 1.807) is 0 Å². The standard InChI is InChI=1S/C10H19F3N2O/c1-7-3-5-15(6-8(7)16)9(2-4-14)10(11,12)13/h7-9,16H,2-6,14H2,1H3. The van der Waals surface area contributed by atoms with Gasteiger partial charge in [-0.15, -0.1) is 0 Å². The molecule has 1 heterocycles. The van der Waals surface area contributed by atoms with Gasteiger partial charge in [0.1, 0.15) is 6.04 Å². The van der Waals surface area contributed by atoms with Crippen molar-refractivity contribution in [2.75, 3.05) is 19.6 Å². The molecule has 1 aliphatic rings. The van der Waals surface area contributed by atoms with E-state index in [1.807, 2.05) is 6.92 Å². The fourth-order valence-corrected chi connectivity index (χ4v) is 2.07. The van der Waals surface area contributed by atoms with E-state index in [4.69, 9.17) is 5.73 Å². The molecule has 6 heteroatoms. The summed E-state index contributed by atoms with van der Waals surface area (Å²) in [4.78, 5) is 1.30. The van der Waals surface area contributed by atoms with E-state index in [1.165, 1.54) is 4.90 Å². The Balaban J connectivity index is 2.65. The van der Waals surface area contributed by atoms with Gasteiger partial charge in [-0.25, -0.2) is 0 Å². The second kappa shape index (κ2) is 5.33. The van der Waals surface area contributed by atoms with Gasteiger partial charge in [0.25, 0.3) is 0 Å². The molecule has 0 amide bonds. The fraction of sp³-hybridized carbons (Fsp3) is 1.00. The Morgan fingerprint density at radius 2 is 2.12 bits per heavy atom. The van der Waals surface area contributed by atoms with Gasteiger partial charge in [-0.3, -0.25) is 4.90 Å². The summed E-state index contributed by atoms with van der Waals surface area (Å²) in [6.07, 6.45) is -4.45. The molecule has 0 aromatic rings. The van der Waals surface area contributed by atoms with Crippen molar-refractivity contribution in [1.29, 1.82) is 0 Å². The maximum Gasteiger partial charge on any atom is 0.404 e. The van der Waals surface area contributed by atoms with Crippen LogP contribution in [0.3, 0.4) is 0 Å². The number of halogens is 3. The quantitative estimate of drug-likeness (QED) is 0.772. The van der Waals surface area contributed by atoms with Crippen LogP contribution in [0.15, 0.2) is 0 Å². The predicted molar refractivity (Wildman–Crippen MR) is 54.9 cm³/mol. The minimum absolute atomic E-state index is 0.00628. The van der Waals surface area contributed by atoms with E-state index in [-0.39, 0.29) is 25.4 Å². The van der Waals surface area contributed by atoms with Crippen LogP contribution < -0.4 is 5.73 Å². The number of hydrogen-bond acceptors (Lipinski definition) is 3. The van der Waals surface area contributed by atoms with Crippen LogP contribution >= 0.6 is 0 Å². The van der Waals surface area contributed by atoms with Crippen molar-refractivity contribution >= 4 is 0 Å². The molecule has 0 saturated carbocycles. The van der Waals surface area contributed by atoms with E-state index in [0.717, 1.165) is 0 Å². The zero-order chi connectivity index (χ0) is 12.3. The maximum absolute atomic E-state index is 12.7. The van der Waals surface area contributed by atoms with E-state index in [9.17, 15) is 18.3 Å². The van der Waals surface area contributed by atoms with Crippen LogP contribution in [0.1, 0.15) is 19.8 Å². The monoisotopic (exact) mass is 240 g/mol. The number of aliphatic hydroxyl groups excluding tert-OH is 1. The third-order valence-corrected chi connectivity index (χ3v) is 3.21. The van der Waals surface area contributed by atoms with E-state index in [0.29, 0.717) is 13.0 Å². The number of aliphatic hydroxyl groups is 1. The number of β-amino-alcohol motifs (C(OH)–C–C–N with tert-alkyl or cyclic N) is 1. The fourth-order valence-electron chi connectivity index (χ4n) is 2.07. The summed E-state index contributed by atoms with van der Waals surface area (Å²) in [7, 11) is 0. The average Bonchev–Trinajstić information content (AvgIpc) is 2.17. The number of rotatable bonds is 3. The van der Waals surface area contributed by atoms with Crippen molar-refractivity contribution in [2.24, 2.45) is 11.7 Å². The molecule has 3 nitrogen and oxygen atoms in total. The van der Waals surface area contributed by atoms with Crippen molar-refractivity contribution < 1.29 is 18.3 Å². The molecule has 3 atom stereocenters. The van der Waals surface area contributed by atoms with Gasteiger partial charge < -0.3 is 10.8 Å². The lowest BCUT2D eigenvalue weighted by atomic mass is 9.94.